The molecule has 1 saturated heterocycles. The molecule has 0 spiro atoms. The quantitative estimate of drug-likeness (QED) is 0.382. The molecule has 5 rings (SSSR count). The lowest BCUT2D eigenvalue weighted by Gasteiger charge is -2.56. The van der Waals surface area contributed by atoms with Crippen LogP contribution in [0.25, 0.3) is 0 Å². The van der Waals surface area contributed by atoms with E-state index in [1.165, 1.54) is 0 Å². The normalized spacial score (nSPS) is 21.4. The number of amides is 1. The summed E-state index contributed by atoms with van der Waals surface area (Å²) in [4.78, 5) is 16.1. The highest BCUT2D eigenvalue weighted by Gasteiger charge is 2.58. The largest absolute Gasteiger partial charge is 0.493 e. The summed E-state index contributed by atoms with van der Waals surface area (Å²) in [5.74, 6) is 1.42. The van der Waals surface area contributed by atoms with Crippen molar-refractivity contribution < 1.29 is 19.0 Å². The average molecular weight is 546 g/mol. The Morgan fingerprint density at radius 2 is 1.74 bits per heavy atom. The van der Waals surface area contributed by atoms with Gasteiger partial charge in [0.05, 0.1) is 20.3 Å². The number of nitrogens with one attached hydrogen (secondary N) is 2. The van der Waals surface area contributed by atoms with Crippen LogP contribution in [0.4, 0.5) is 5.69 Å². The second-order valence-electron chi connectivity index (χ2n) is 10.5. The number of carbonyl (C=O) groups is 1. The third-order valence-electron chi connectivity index (χ3n) is 7.78. The summed E-state index contributed by atoms with van der Waals surface area (Å²) in [6.45, 7) is 8.59. The first-order valence-electron chi connectivity index (χ1n) is 13.1. The van der Waals surface area contributed by atoms with Crippen LogP contribution in [0.2, 0.25) is 0 Å². The zero-order chi connectivity index (χ0) is 27.9. The highest BCUT2D eigenvalue weighted by atomic mass is 32.1. The molecule has 39 heavy (non-hydrogen) atoms. The van der Waals surface area contributed by atoms with Gasteiger partial charge in [-0.2, -0.15) is 0 Å². The van der Waals surface area contributed by atoms with Crippen molar-refractivity contribution in [1.82, 2.24) is 10.2 Å². The standard InChI is InChI=1S/C31H35N3O4S/c1-18-7-10-23(20(3)15-18)32-29(35)27-28-22-16-19(2)8-11-24(22)38-31(27,4)34(30(39)33-28)14-13-21-9-12-25(36-5)26(17-21)37-6/h7-12,15-17,27-28H,13-14H2,1-6H3,(H,32,35)(H,33,39)/t27-,28-,31-/m0/s1. The Morgan fingerprint density at radius 3 is 2.46 bits per heavy atom. The van der Waals surface area contributed by atoms with Crippen LogP contribution in [0.5, 0.6) is 17.2 Å². The number of anilines is 1. The lowest BCUT2D eigenvalue weighted by atomic mass is 9.78. The van der Waals surface area contributed by atoms with Gasteiger partial charge in [-0.3, -0.25) is 4.79 Å². The number of ether oxygens (including phenoxy) is 3. The Bertz CT molecular complexity index is 1440. The maximum absolute atomic E-state index is 14.1. The number of hydrogen-bond donors (Lipinski definition) is 2. The van der Waals surface area contributed by atoms with E-state index in [-0.39, 0.29) is 11.9 Å². The average Bonchev–Trinajstić information content (AvgIpc) is 2.90. The summed E-state index contributed by atoms with van der Waals surface area (Å²) in [6.07, 6.45) is 0.665. The van der Waals surface area contributed by atoms with Gasteiger partial charge >= 0.3 is 0 Å². The minimum Gasteiger partial charge on any atom is -0.493 e. The van der Waals surface area contributed by atoms with Crippen LogP contribution >= 0.6 is 12.2 Å². The van der Waals surface area contributed by atoms with Gasteiger partial charge in [-0.05, 0) is 81.7 Å². The molecular formula is C31H35N3O4S. The molecule has 204 valence electrons. The molecule has 3 atom stereocenters. The molecule has 2 N–H and O–H groups in total. The monoisotopic (exact) mass is 545 g/mol. The molecule has 0 unspecified atom stereocenters. The molecule has 2 aliphatic rings. The van der Waals surface area contributed by atoms with Crippen molar-refractivity contribution in [3.05, 3.63) is 82.4 Å². The van der Waals surface area contributed by atoms with Crippen molar-refractivity contribution >= 4 is 28.9 Å². The number of benzene rings is 3. The summed E-state index contributed by atoms with van der Waals surface area (Å²) >= 11 is 5.88. The number of nitrogens with zero attached hydrogens (tertiary/aromatic N) is 1. The third-order valence-corrected chi connectivity index (χ3v) is 8.12. The first-order valence-corrected chi connectivity index (χ1v) is 13.5. The molecular weight excluding hydrogens is 510 g/mol. The van der Waals surface area contributed by atoms with Gasteiger partial charge in [0, 0.05) is 17.8 Å². The van der Waals surface area contributed by atoms with Gasteiger partial charge in [0.25, 0.3) is 0 Å². The van der Waals surface area contributed by atoms with Crippen molar-refractivity contribution in [2.24, 2.45) is 5.92 Å². The second-order valence-corrected chi connectivity index (χ2v) is 10.9. The highest BCUT2D eigenvalue weighted by molar-refractivity contribution is 7.80. The number of rotatable bonds is 7. The first kappa shape index (κ1) is 26.8. The topological polar surface area (TPSA) is 72.1 Å². The summed E-state index contributed by atoms with van der Waals surface area (Å²) in [5.41, 5.74) is 5.04. The smallest absolute Gasteiger partial charge is 0.236 e. The Hall–Kier alpha value is -3.78. The van der Waals surface area contributed by atoms with Gasteiger partial charge in [-0.25, -0.2) is 0 Å². The van der Waals surface area contributed by atoms with Crippen LogP contribution in [-0.4, -0.2) is 42.4 Å². The molecule has 2 aliphatic heterocycles. The van der Waals surface area contributed by atoms with Crippen molar-refractivity contribution in [2.75, 3.05) is 26.1 Å². The zero-order valence-electron chi connectivity index (χ0n) is 23.3. The number of hydrogen-bond acceptors (Lipinski definition) is 5. The van der Waals surface area contributed by atoms with E-state index in [9.17, 15) is 4.79 Å². The minimum absolute atomic E-state index is 0.118. The van der Waals surface area contributed by atoms with Crippen molar-refractivity contribution in [1.29, 1.82) is 0 Å². The van der Waals surface area contributed by atoms with Crippen LogP contribution in [0, 0.1) is 26.7 Å². The Labute approximate surface area is 235 Å². The zero-order valence-corrected chi connectivity index (χ0v) is 24.1. The molecule has 0 saturated carbocycles. The Morgan fingerprint density at radius 1 is 1.03 bits per heavy atom. The van der Waals surface area contributed by atoms with Crippen molar-refractivity contribution in [2.45, 2.75) is 45.9 Å². The summed E-state index contributed by atoms with van der Waals surface area (Å²) in [6, 6.07) is 17.7. The van der Waals surface area contributed by atoms with Crippen LogP contribution in [0.3, 0.4) is 0 Å². The van der Waals surface area contributed by atoms with Crippen molar-refractivity contribution in [3.63, 3.8) is 0 Å². The fourth-order valence-electron chi connectivity index (χ4n) is 5.73. The molecule has 7 nitrogen and oxygen atoms in total. The number of carbonyl (C=O) groups excluding carboxylic acids is 1. The van der Waals surface area contributed by atoms with Crippen LogP contribution in [0.1, 0.15) is 40.8 Å². The number of thiocarbonyl (C=S) groups is 1. The summed E-state index contributed by atoms with van der Waals surface area (Å²) in [7, 11) is 3.25. The molecule has 0 radical (unpaired) electrons. The number of fused-ring (bicyclic) bond motifs is 4. The molecule has 1 fully saturated rings. The maximum atomic E-state index is 14.1. The summed E-state index contributed by atoms with van der Waals surface area (Å²) < 4.78 is 17.6. The highest BCUT2D eigenvalue weighted by Crippen LogP contribution is 2.49. The van der Waals surface area contributed by atoms with Gasteiger partial charge in [0.2, 0.25) is 5.91 Å². The Kier molecular flexibility index (Phi) is 7.16. The molecule has 2 bridgehead atoms. The SMILES string of the molecule is COc1ccc(CCN2C(=S)N[C@H]3c4cc(C)ccc4O[C@@]2(C)[C@@H]3C(=O)Nc2ccc(C)cc2C)cc1OC. The van der Waals surface area contributed by atoms with Crippen molar-refractivity contribution in [3.8, 4) is 17.2 Å². The molecule has 2 heterocycles. The van der Waals surface area contributed by atoms with E-state index in [2.05, 4.69) is 22.8 Å². The van der Waals surface area contributed by atoms with E-state index in [1.54, 1.807) is 14.2 Å². The summed E-state index contributed by atoms with van der Waals surface area (Å²) in [5, 5.41) is 7.24. The molecule has 3 aromatic rings. The third kappa shape index (κ3) is 4.89. The minimum atomic E-state index is -1.01. The van der Waals surface area contributed by atoms with Gasteiger partial charge in [-0.1, -0.05) is 41.5 Å². The molecule has 8 heteroatoms. The fourth-order valence-corrected chi connectivity index (χ4v) is 6.13. The molecule has 3 aromatic carbocycles. The predicted octanol–water partition coefficient (Wildman–Crippen LogP) is 5.47. The maximum Gasteiger partial charge on any atom is 0.236 e. The van der Waals surface area contributed by atoms with E-state index in [1.807, 2.05) is 75.1 Å². The fraction of sp³-hybridized carbons (Fsp3) is 0.355. The molecule has 0 aliphatic carbocycles. The van der Waals surface area contributed by atoms with Gasteiger partial charge in [0.1, 0.15) is 11.7 Å². The molecule has 1 amide bonds. The van der Waals surface area contributed by atoms with Crippen LogP contribution < -0.4 is 24.8 Å². The lowest BCUT2D eigenvalue weighted by Crippen LogP contribution is -2.71. The van der Waals surface area contributed by atoms with E-state index < -0.39 is 11.6 Å². The van der Waals surface area contributed by atoms with E-state index >= 15 is 0 Å². The van der Waals surface area contributed by atoms with E-state index in [4.69, 9.17) is 26.4 Å². The molecule has 0 aromatic heterocycles. The van der Waals surface area contributed by atoms with Gasteiger partial charge < -0.3 is 29.7 Å². The van der Waals surface area contributed by atoms with E-state index in [0.717, 1.165) is 39.3 Å². The van der Waals surface area contributed by atoms with Gasteiger partial charge in [0.15, 0.2) is 22.3 Å². The van der Waals surface area contributed by atoms with E-state index in [0.29, 0.717) is 29.6 Å². The lowest BCUT2D eigenvalue weighted by molar-refractivity contribution is -0.149. The predicted molar refractivity (Wildman–Crippen MR) is 157 cm³/mol. The van der Waals surface area contributed by atoms with Crippen LogP contribution in [0.15, 0.2) is 54.6 Å². The second kappa shape index (κ2) is 10.4. The van der Waals surface area contributed by atoms with Crippen LogP contribution in [-0.2, 0) is 11.2 Å². The number of aryl methyl sites for hydroxylation is 3. The first-order chi connectivity index (χ1) is 18.6. The Balaban J connectivity index is 1.49. The van der Waals surface area contributed by atoms with Gasteiger partial charge in [-0.15, -0.1) is 0 Å². The number of methoxy groups -OCH3 is 2.